The summed E-state index contributed by atoms with van der Waals surface area (Å²) in [6, 6.07) is 5.40. The van der Waals surface area contributed by atoms with Crippen molar-refractivity contribution in [2.75, 3.05) is 13.1 Å². The Labute approximate surface area is 118 Å². The van der Waals surface area contributed by atoms with Crippen LogP contribution in [0.1, 0.15) is 54.5 Å². The number of hydrogen-bond donors (Lipinski definition) is 1. The van der Waals surface area contributed by atoms with E-state index in [1.54, 1.807) is 0 Å². The van der Waals surface area contributed by atoms with Gasteiger partial charge in [0.2, 0.25) is 0 Å². The van der Waals surface area contributed by atoms with Crippen molar-refractivity contribution >= 4 is 0 Å². The molecule has 2 nitrogen and oxygen atoms in total. The van der Waals surface area contributed by atoms with Crippen molar-refractivity contribution in [1.82, 2.24) is 4.90 Å². The Morgan fingerprint density at radius 1 is 1.26 bits per heavy atom. The summed E-state index contributed by atoms with van der Waals surface area (Å²) in [6.45, 7) is 11.0. The first-order chi connectivity index (χ1) is 9.02. The van der Waals surface area contributed by atoms with E-state index in [2.05, 4.69) is 44.7 Å². The predicted octanol–water partition coefficient (Wildman–Crippen LogP) is 3.49. The molecule has 0 radical (unpaired) electrons. The molecule has 2 rings (SSSR count). The lowest BCUT2D eigenvalue weighted by Gasteiger charge is -2.28. The Bertz CT molecular complexity index is 416. The maximum absolute atomic E-state index is 6.50. The fraction of sp³-hybridized carbons (Fsp3) is 0.647. The molecule has 0 amide bonds. The third-order valence-corrected chi connectivity index (χ3v) is 4.51. The van der Waals surface area contributed by atoms with Crippen LogP contribution in [0.5, 0.6) is 0 Å². The SMILES string of the molecule is CCC1CCCN1CC(N)c1c(C)cc(C)cc1C. The molecule has 19 heavy (non-hydrogen) atoms. The molecular weight excluding hydrogens is 232 g/mol. The minimum atomic E-state index is 0.146. The lowest BCUT2D eigenvalue weighted by atomic mass is 9.94. The molecular formula is C17H28N2. The number of likely N-dealkylation sites (tertiary alicyclic amines) is 1. The summed E-state index contributed by atoms with van der Waals surface area (Å²) in [5.41, 5.74) is 11.9. The topological polar surface area (TPSA) is 29.3 Å². The van der Waals surface area contributed by atoms with E-state index in [-0.39, 0.29) is 6.04 Å². The summed E-state index contributed by atoms with van der Waals surface area (Å²) in [5, 5.41) is 0. The van der Waals surface area contributed by atoms with Gasteiger partial charge in [-0.05, 0) is 63.3 Å². The largest absolute Gasteiger partial charge is 0.323 e. The number of benzene rings is 1. The fourth-order valence-electron chi connectivity index (χ4n) is 3.72. The Balaban J connectivity index is 2.14. The van der Waals surface area contributed by atoms with Crippen molar-refractivity contribution < 1.29 is 0 Å². The molecule has 2 N–H and O–H groups in total. The minimum Gasteiger partial charge on any atom is -0.323 e. The van der Waals surface area contributed by atoms with Gasteiger partial charge in [-0.25, -0.2) is 0 Å². The summed E-state index contributed by atoms with van der Waals surface area (Å²) < 4.78 is 0. The van der Waals surface area contributed by atoms with E-state index >= 15 is 0 Å². The van der Waals surface area contributed by atoms with Crippen molar-refractivity contribution in [3.8, 4) is 0 Å². The summed E-state index contributed by atoms with van der Waals surface area (Å²) in [7, 11) is 0. The van der Waals surface area contributed by atoms with Crippen LogP contribution in [0.15, 0.2) is 12.1 Å². The van der Waals surface area contributed by atoms with Crippen molar-refractivity contribution in [3.63, 3.8) is 0 Å². The van der Waals surface area contributed by atoms with E-state index in [1.807, 2.05) is 0 Å². The van der Waals surface area contributed by atoms with Gasteiger partial charge < -0.3 is 5.73 Å². The van der Waals surface area contributed by atoms with Crippen LogP contribution in [-0.2, 0) is 0 Å². The third-order valence-electron chi connectivity index (χ3n) is 4.51. The average Bonchev–Trinajstić information content (AvgIpc) is 2.74. The van der Waals surface area contributed by atoms with E-state index < -0.39 is 0 Å². The Morgan fingerprint density at radius 3 is 2.47 bits per heavy atom. The van der Waals surface area contributed by atoms with E-state index in [9.17, 15) is 0 Å². The first-order valence-corrected chi connectivity index (χ1v) is 7.60. The zero-order valence-electron chi connectivity index (χ0n) is 12.9. The molecule has 1 saturated heterocycles. The van der Waals surface area contributed by atoms with Gasteiger partial charge in [-0.1, -0.05) is 24.6 Å². The average molecular weight is 260 g/mol. The highest BCUT2D eigenvalue weighted by Crippen LogP contribution is 2.26. The van der Waals surface area contributed by atoms with Gasteiger partial charge in [-0.2, -0.15) is 0 Å². The van der Waals surface area contributed by atoms with E-state index in [1.165, 1.54) is 48.1 Å². The smallest absolute Gasteiger partial charge is 0.0429 e. The molecule has 0 bridgehead atoms. The summed E-state index contributed by atoms with van der Waals surface area (Å²) in [4.78, 5) is 2.59. The van der Waals surface area contributed by atoms with Crippen LogP contribution in [0.2, 0.25) is 0 Å². The molecule has 1 aliphatic heterocycles. The van der Waals surface area contributed by atoms with Gasteiger partial charge in [0.1, 0.15) is 0 Å². The molecule has 1 aromatic carbocycles. The highest BCUT2D eigenvalue weighted by atomic mass is 15.2. The zero-order chi connectivity index (χ0) is 14.0. The first-order valence-electron chi connectivity index (χ1n) is 7.60. The second-order valence-electron chi connectivity index (χ2n) is 6.12. The summed E-state index contributed by atoms with van der Waals surface area (Å²) in [6.07, 6.45) is 3.92. The minimum absolute atomic E-state index is 0.146. The standard InChI is InChI=1S/C17H28N2/c1-5-15-7-6-8-19(15)11-16(18)17-13(3)9-12(2)10-14(17)4/h9-10,15-16H,5-8,11,18H2,1-4H3. The lowest BCUT2D eigenvalue weighted by molar-refractivity contribution is 0.233. The van der Waals surface area contributed by atoms with Gasteiger partial charge in [-0.3, -0.25) is 4.90 Å². The highest BCUT2D eigenvalue weighted by Gasteiger charge is 2.25. The van der Waals surface area contributed by atoms with Crippen LogP contribution in [0.3, 0.4) is 0 Å². The Kier molecular flexibility index (Phi) is 4.64. The molecule has 2 heteroatoms. The first kappa shape index (κ1) is 14.5. The molecule has 0 spiro atoms. The molecule has 106 valence electrons. The maximum atomic E-state index is 6.50. The predicted molar refractivity (Wildman–Crippen MR) is 82.5 cm³/mol. The lowest BCUT2D eigenvalue weighted by Crippen LogP contribution is -2.36. The molecule has 0 saturated carbocycles. The molecule has 2 unspecified atom stereocenters. The monoisotopic (exact) mass is 260 g/mol. The van der Waals surface area contributed by atoms with Gasteiger partial charge in [0.05, 0.1) is 0 Å². The highest BCUT2D eigenvalue weighted by molar-refractivity contribution is 5.39. The van der Waals surface area contributed by atoms with Crippen LogP contribution < -0.4 is 5.73 Å². The van der Waals surface area contributed by atoms with Gasteiger partial charge in [0.25, 0.3) is 0 Å². The summed E-state index contributed by atoms with van der Waals surface area (Å²) in [5.74, 6) is 0. The quantitative estimate of drug-likeness (QED) is 0.898. The number of nitrogens with zero attached hydrogens (tertiary/aromatic N) is 1. The second kappa shape index (κ2) is 6.06. The number of nitrogens with two attached hydrogens (primary N) is 1. The summed E-state index contributed by atoms with van der Waals surface area (Å²) >= 11 is 0. The van der Waals surface area contributed by atoms with E-state index in [0.717, 1.165) is 12.6 Å². The van der Waals surface area contributed by atoms with Crippen LogP contribution >= 0.6 is 0 Å². The van der Waals surface area contributed by atoms with E-state index in [4.69, 9.17) is 5.73 Å². The second-order valence-corrected chi connectivity index (χ2v) is 6.12. The number of aryl methyl sites for hydroxylation is 3. The van der Waals surface area contributed by atoms with E-state index in [0.29, 0.717) is 0 Å². The molecule has 1 heterocycles. The Morgan fingerprint density at radius 2 is 1.89 bits per heavy atom. The normalized spacial score (nSPS) is 21.8. The van der Waals surface area contributed by atoms with Crippen molar-refractivity contribution in [3.05, 3.63) is 34.4 Å². The molecule has 2 atom stereocenters. The van der Waals surface area contributed by atoms with Gasteiger partial charge >= 0.3 is 0 Å². The van der Waals surface area contributed by atoms with Crippen LogP contribution in [0.4, 0.5) is 0 Å². The molecule has 1 aliphatic rings. The van der Waals surface area contributed by atoms with Crippen LogP contribution in [0.25, 0.3) is 0 Å². The number of rotatable bonds is 4. The van der Waals surface area contributed by atoms with Crippen molar-refractivity contribution in [1.29, 1.82) is 0 Å². The van der Waals surface area contributed by atoms with Gasteiger partial charge in [0, 0.05) is 18.6 Å². The maximum Gasteiger partial charge on any atom is 0.0429 e. The third kappa shape index (κ3) is 3.18. The number of hydrogen-bond acceptors (Lipinski definition) is 2. The van der Waals surface area contributed by atoms with Crippen molar-refractivity contribution in [2.24, 2.45) is 5.73 Å². The van der Waals surface area contributed by atoms with Crippen LogP contribution in [-0.4, -0.2) is 24.0 Å². The fourth-order valence-corrected chi connectivity index (χ4v) is 3.72. The zero-order valence-corrected chi connectivity index (χ0v) is 12.9. The molecule has 1 aromatic rings. The molecule has 1 fully saturated rings. The molecule has 0 aliphatic carbocycles. The van der Waals surface area contributed by atoms with Gasteiger partial charge in [0.15, 0.2) is 0 Å². The molecule has 0 aromatic heterocycles. The Hall–Kier alpha value is -0.860. The van der Waals surface area contributed by atoms with Crippen molar-refractivity contribution in [2.45, 2.75) is 59.0 Å². The van der Waals surface area contributed by atoms with Gasteiger partial charge in [-0.15, -0.1) is 0 Å². The van der Waals surface area contributed by atoms with Crippen LogP contribution in [0, 0.1) is 20.8 Å².